The summed E-state index contributed by atoms with van der Waals surface area (Å²) in [5.74, 6) is 1.06. The lowest BCUT2D eigenvalue weighted by Crippen LogP contribution is -2.10. The minimum atomic E-state index is -0.181. The number of aromatic amines is 1. The molecule has 7 nitrogen and oxygen atoms in total. The molecule has 0 bridgehead atoms. The van der Waals surface area contributed by atoms with Crippen LogP contribution in [0.1, 0.15) is 15.4 Å². The molecule has 8 heteroatoms. The molecule has 0 saturated carbocycles. The van der Waals surface area contributed by atoms with Gasteiger partial charge in [0, 0.05) is 23.9 Å². The van der Waals surface area contributed by atoms with Gasteiger partial charge in [-0.25, -0.2) is 0 Å². The Kier molecular flexibility index (Phi) is 3.27. The molecule has 24 heavy (non-hydrogen) atoms. The van der Waals surface area contributed by atoms with Crippen LogP contribution in [0.2, 0.25) is 0 Å². The second kappa shape index (κ2) is 5.34. The van der Waals surface area contributed by atoms with Crippen LogP contribution in [0, 0.1) is 6.92 Å². The molecule has 3 heterocycles. The summed E-state index contributed by atoms with van der Waals surface area (Å²) in [6, 6.07) is 7.41. The number of methoxy groups -OCH3 is 1. The van der Waals surface area contributed by atoms with Crippen LogP contribution in [0.5, 0.6) is 5.75 Å². The number of rotatable bonds is 3. The standard InChI is InChI=1S/C16H15N5O2S/c1-8-11-7-13(24-16(11)21(2)20-8)15(22)17-14-10-5-4-9(23-3)6-12(10)18-19-14/h4-7H,1-3H3,(H2,17,18,19,22). The maximum Gasteiger partial charge on any atom is 0.267 e. The largest absolute Gasteiger partial charge is 0.497 e. The molecule has 1 aromatic carbocycles. The molecule has 0 aliphatic rings. The summed E-state index contributed by atoms with van der Waals surface area (Å²) in [5.41, 5.74) is 1.72. The van der Waals surface area contributed by atoms with Crippen molar-refractivity contribution in [3.05, 3.63) is 34.8 Å². The first-order valence-electron chi connectivity index (χ1n) is 7.33. The number of aromatic nitrogens is 4. The Morgan fingerprint density at radius 3 is 2.92 bits per heavy atom. The molecule has 0 fully saturated rings. The third-order valence-electron chi connectivity index (χ3n) is 3.92. The minimum absolute atomic E-state index is 0.181. The Labute approximate surface area is 141 Å². The van der Waals surface area contributed by atoms with Gasteiger partial charge in [0.15, 0.2) is 5.82 Å². The molecule has 0 unspecified atom stereocenters. The molecule has 0 aliphatic carbocycles. The fourth-order valence-corrected chi connectivity index (χ4v) is 3.73. The number of ether oxygens (including phenoxy) is 1. The first kappa shape index (κ1) is 14.7. The topological polar surface area (TPSA) is 84.8 Å². The molecule has 0 atom stereocenters. The summed E-state index contributed by atoms with van der Waals surface area (Å²) < 4.78 is 6.98. The quantitative estimate of drug-likeness (QED) is 0.600. The number of thiophene rings is 1. The second-order valence-electron chi connectivity index (χ2n) is 5.48. The number of hydrogen-bond acceptors (Lipinski definition) is 5. The van der Waals surface area contributed by atoms with Gasteiger partial charge in [0.25, 0.3) is 5.91 Å². The van der Waals surface area contributed by atoms with E-state index in [4.69, 9.17) is 4.74 Å². The highest BCUT2D eigenvalue weighted by Gasteiger charge is 2.17. The van der Waals surface area contributed by atoms with Crippen LogP contribution in [-0.4, -0.2) is 33.0 Å². The molecule has 0 saturated heterocycles. The van der Waals surface area contributed by atoms with Crippen molar-refractivity contribution in [3.63, 3.8) is 0 Å². The summed E-state index contributed by atoms with van der Waals surface area (Å²) >= 11 is 1.42. The van der Waals surface area contributed by atoms with Crippen molar-refractivity contribution >= 4 is 44.2 Å². The van der Waals surface area contributed by atoms with Crippen LogP contribution < -0.4 is 10.1 Å². The van der Waals surface area contributed by atoms with Crippen molar-refractivity contribution in [2.24, 2.45) is 7.05 Å². The van der Waals surface area contributed by atoms with Crippen molar-refractivity contribution in [3.8, 4) is 5.75 Å². The lowest BCUT2D eigenvalue weighted by molar-refractivity contribution is 0.103. The zero-order valence-corrected chi connectivity index (χ0v) is 14.2. The molecular weight excluding hydrogens is 326 g/mol. The van der Waals surface area contributed by atoms with Gasteiger partial charge in [0.05, 0.1) is 23.2 Å². The first-order chi connectivity index (χ1) is 11.6. The lowest BCUT2D eigenvalue weighted by atomic mass is 10.2. The van der Waals surface area contributed by atoms with E-state index >= 15 is 0 Å². The number of nitrogens with zero attached hydrogens (tertiary/aromatic N) is 3. The van der Waals surface area contributed by atoms with Crippen LogP contribution in [0.15, 0.2) is 24.3 Å². The van der Waals surface area contributed by atoms with Gasteiger partial charge < -0.3 is 10.1 Å². The van der Waals surface area contributed by atoms with Crippen molar-refractivity contribution < 1.29 is 9.53 Å². The molecule has 122 valence electrons. The average molecular weight is 341 g/mol. The van der Waals surface area contributed by atoms with E-state index in [1.54, 1.807) is 11.8 Å². The van der Waals surface area contributed by atoms with E-state index in [0.29, 0.717) is 10.7 Å². The molecule has 0 spiro atoms. The Balaban J connectivity index is 1.66. The predicted octanol–water partition coefficient (Wildman–Crippen LogP) is 3.08. The van der Waals surface area contributed by atoms with E-state index in [1.165, 1.54) is 11.3 Å². The van der Waals surface area contributed by atoms with Gasteiger partial charge in [0.1, 0.15) is 10.6 Å². The second-order valence-corrected chi connectivity index (χ2v) is 6.51. The minimum Gasteiger partial charge on any atom is -0.497 e. The van der Waals surface area contributed by atoms with Crippen molar-refractivity contribution in [2.45, 2.75) is 6.92 Å². The fraction of sp³-hybridized carbons (Fsp3) is 0.188. The molecule has 3 aromatic heterocycles. The van der Waals surface area contributed by atoms with Gasteiger partial charge in [-0.05, 0) is 25.1 Å². The van der Waals surface area contributed by atoms with Crippen LogP contribution in [-0.2, 0) is 7.05 Å². The number of amides is 1. The highest BCUT2D eigenvalue weighted by molar-refractivity contribution is 7.20. The highest BCUT2D eigenvalue weighted by Crippen LogP contribution is 2.29. The average Bonchev–Trinajstić information content (AvgIpc) is 3.24. The Hall–Kier alpha value is -2.87. The zero-order chi connectivity index (χ0) is 16.8. The maximum atomic E-state index is 12.6. The van der Waals surface area contributed by atoms with Gasteiger partial charge in [0.2, 0.25) is 0 Å². The van der Waals surface area contributed by atoms with Crippen LogP contribution in [0.25, 0.3) is 21.1 Å². The van der Waals surface area contributed by atoms with E-state index in [0.717, 1.165) is 32.6 Å². The van der Waals surface area contributed by atoms with E-state index in [9.17, 15) is 4.79 Å². The molecule has 2 N–H and O–H groups in total. The van der Waals surface area contributed by atoms with Crippen LogP contribution in [0.4, 0.5) is 5.82 Å². The molecule has 1 amide bonds. The first-order valence-corrected chi connectivity index (χ1v) is 8.15. The lowest BCUT2D eigenvalue weighted by Gasteiger charge is -2.01. The van der Waals surface area contributed by atoms with Crippen LogP contribution >= 0.6 is 11.3 Å². The van der Waals surface area contributed by atoms with Gasteiger partial charge >= 0.3 is 0 Å². The fourth-order valence-electron chi connectivity index (χ4n) is 2.71. The predicted molar refractivity (Wildman–Crippen MR) is 93.9 cm³/mol. The number of anilines is 1. The number of carbonyl (C=O) groups excluding carboxylic acids is 1. The van der Waals surface area contributed by atoms with Crippen LogP contribution in [0.3, 0.4) is 0 Å². The number of fused-ring (bicyclic) bond motifs is 2. The Bertz CT molecular complexity index is 1040. The van der Waals surface area contributed by atoms with E-state index in [1.807, 2.05) is 38.2 Å². The monoisotopic (exact) mass is 341 g/mol. The molecular formula is C16H15N5O2S. The van der Waals surface area contributed by atoms with Crippen molar-refractivity contribution in [1.29, 1.82) is 0 Å². The third-order valence-corrected chi connectivity index (χ3v) is 5.12. The summed E-state index contributed by atoms with van der Waals surface area (Å²) in [6.45, 7) is 1.94. The maximum absolute atomic E-state index is 12.6. The number of aryl methyl sites for hydroxylation is 2. The number of H-pyrrole nitrogens is 1. The molecule has 0 radical (unpaired) electrons. The SMILES string of the molecule is COc1ccc2c(NC(=O)c3cc4c(C)nn(C)c4s3)n[nH]c2c1. The van der Waals surface area contributed by atoms with Gasteiger partial charge in [-0.15, -0.1) is 11.3 Å². The van der Waals surface area contributed by atoms with E-state index in [-0.39, 0.29) is 5.91 Å². The third kappa shape index (κ3) is 2.23. The number of benzene rings is 1. The highest BCUT2D eigenvalue weighted by atomic mass is 32.1. The van der Waals surface area contributed by atoms with Crippen molar-refractivity contribution in [2.75, 3.05) is 12.4 Å². The van der Waals surface area contributed by atoms with Crippen molar-refractivity contribution in [1.82, 2.24) is 20.0 Å². The molecule has 4 rings (SSSR count). The smallest absolute Gasteiger partial charge is 0.267 e. The van der Waals surface area contributed by atoms with E-state index in [2.05, 4.69) is 20.6 Å². The summed E-state index contributed by atoms with van der Waals surface area (Å²) in [7, 11) is 3.49. The Morgan fingerprint density at radius 2 is 2.17 bits per heavy atom. The van der Waals surface area contributed by atoms with E-state index < -0.39 is 0 Å². The normalized spacial score (nSPS) is 11.3. The summed E-state index contributed by atoms with van der Waals surface area (Å²) in [5, 5.41) is 16.1. The number of carbonyl (C=O) groups is 1. The van der Waals surface area contributed by atoms with Gasteiger partial charge in [-0.1, -0.05) is 0 Å². The summed E-state index contributed by atoms with van der Waals surface area (Å²) in [4.78, 5) is 14.2. The number of hydrogen-bond donors (Lipinski definition) is 2. The Morgan fingerprint density at radius 1 is 1.33 bits per heavy atom. The molecule has 0 aliphatic heterocycles. The zero-order valence-electron chi connectivity index (χ0n) is 13.4. The van der Waals surface area contributed by atoms with Gasteiger partial charge in [-0.2, -0.15) is 10.2 Å². The number of nitrogens with one attached hydrogen (secondary N) is 2. The van der Waals surface area contributed by atoms with Gasteiger partial charge in [-0.3, -0.25) is 14.6 Å². The molecule has 4 aromatic rings. The summed E-state index contributed by atoms with van der Waals surface area (Å²) in [6.07, 6.45) is 0.